The van der Waals surface area contributed by atoms with Crippen LogP contribution in [0.5, 0.6) is 11.5 Å². The smallest absolute Gasteiger partial charge is 0.240 e. The molecule has 1 heterocycles. The molecule has 0 saturated heterocycles. The van der Waals surface area contributed by atoms with Crippen LogP contribution in [-0.2, 0) is 14.8 Å². The molecule has 1 aliphatic heterocycles. The van der Waals surface area contributed by atoms with Gasteiger partial charge in [0.15, 0.2) is 11.5 Å². The Kier molecular flexibility index (Phi) is 5.78. The van der Waals surface area contributed by atoms with Gasteiger partial charge in [0, 0.05) is 19.0 Å². The number of rotatable bonds is 6. The Labute approximate surface area is 170 Å². The van der Waals surface area contributed by atoms with Gasteiger partial charge in [-0.1, -0.05) is 18.2 Å². The van der Waals surface area contributed by atoms with Crippen LogP contribution in [0.15, 0.2) is 47.6 Å². The Bertz CT molecular complexity index is 1050. The van der Waals surface area contributed by atoms with Crippen LogP contribution in [0.1, 0.15) is 30.5 Å². The third-order valence-corrected chi connectivity index (χ3v) is 5.15. The van der Waals surface area contributed by atoms with Crippen molar-refractivity contribution in [2.24, 2.45) is 5.10 Å². The van der Waals surface area contributed by atoms with E-state index in [4.69, 9.17) is 9.47 Å². The van der Waals surface area contributed by atoms with Crippen LogP contribution in [0.4, 0.5) is 5.69 Å². The van der Waals surface area contributed by atoms with E-state index in [2.05, 4.69) is 9.82 Å². The number of carbonyl (C=O) groups excluding carboxylic acids is 1. The molecular formula is C20H23N3O5S. The molecule has 154 valence electrons. The second kappa shape index (κ2) is 8.12. The molecule has 1 aliphatic rings. The van der Waals surface area contributed by atoms with Crippen molar-refractivity contribution in [3.05, 3.63) is 53.6 Å². The molecular weight excluding hydrogens is 394 g/mol. The number of hydrazone groups is 1. The summed E-state index contributed by atoms with van der Waals surface area (Å²) in [6.45, 7) is 1.47. The van der Waals surface area contributed by atoms with Gasteiger partial charge in [0.2, 0.25) is 15.9 Å². The Morgan fingerprint density at radius 1 is 1.10 bits per heavy atom. The number of ether oxygens (including phenoxy) is 2. The highest BCUT2D eigenvalue weighted by Gasteiger charge is 2.32. The Morgan fingerprint density at radius 2 is 1.76 bits per heavy atom. The summed E-state index contributed by atoms with van der Waals surface area (Å²) in [5.74, 6) is 1.02. The topological polar surface area (TPSA) is 97.3 Å². The molecule has 0 unspecified atom stereocenters. The average molecular weight is 417 g/mol. The van der Waals surface area contributed by atoms with Crippen molar-refractivity contribution in [1.82, 2.24) is 5.01 Å². The van der Waals surface area contributed by atoms with Crippen molar-refractivity contribution in [2.45, 2.75) is 19.4 Å². The van der Waals surface area contributed by atoms with Crippen molar-refractivity contribution in [3.63, 3.8) is 0 Å². The predicted octanol–water partition coefficient (Wildman–Crippen LogP) is 2.77. The number of hydrogen-bond acceptors (Lipinski definition) is 6. The summed E-state index contributed by atoms with van der Waals surface area (Å²) in [6, 6.07) is 12.2. The van der Waals surface area contributed by atoms with E-state index in [0.29, 0.717) is 23.6 Å². The van der Waals surface area contributed by atoms with Crippen molar-refractivity contribution < 1.29 is 22.7 Å². The van der Waals surface area contributed by atoms with Crippen molar-refractivity contribution >= 4 is 27.3 Å². The summed E-state index contributed by atoms with van der Waals surface area (Å²) in [5.41, 5.74) is 2.91. The largest absolute Gasteiger partial charge is 0.493 e. The molecule has 0 aromatic heterocycles. The van der Waals surface area contributed by atoms with Gasteiger partial charge in [-0.2, -0.15) is 5.10 Å². The lowest BCUT2D eigenvalue weighted by Crippen LogP contribution is -2.24. The first-order valence-corrected chi connectivity index (χ1v) is 10.8. The summed E-state index contributed by atoms with van der Waals surface area (Å²) in [5, 5.41) is 5.97. The number of hydrogen-bond donors (Lipinski definition) is 1. The lowest BCUT2D eigenvalue weighted by atomic mass is 9.98. The van der Waals surface area contributed by atoms with Gasteiger partial charge < -0.3 is 9.47 Å². The minimum atomic E-state index is -3.34. The summed E-state index contributed by atoms with van der Waals surface area (Å²) in [4.78, 5) is 12.2. The van der Waals surface area contributed by atoms with Gasteiger partial charge in [-0.25, -0.2) is 13.4 Å². The Hall–Kier alpha value is -3.07. The molecule has 0 saturated carbocycles. The number of anilines is 1. The highest BCUT2D eigenvalue weighted by molar-refractivity contribution is 7.92. The fourth-order valence-corrected chi connectivity index (χ4v) is 3.80. The molecule has 0 aliphatic carbocycles. The summed E-state index contributed by atoms with van der Waals surface area (Å²) in [7, 11) is -0.211. The zero-order chi connectivity index (χ0) is 21.2. The highest BCUT2D eigenvalue weighted by atomic mass is 32.2. The van der Waals surface area contributed by atoms with Crippen LogP contribution < -0.4 is 14.2 Å². The first-order chi connectivity index (χ1) is 13.7. The van der Waals surface area contributed by atoms with Crippen LogP contribution in [-0.4, -0.2) is 45.5 Å². The maximum Gasteiger partial charge on any atom is 0.240 e. The summed E-state index contributed by atoms with van der Waals surface area (Å²) < 4.78 is 35.8. The quantitative estimate of drug-likeness (QED) is 0.779. The first-order valence-electron chi connectivity index (χ1n) is 8.89. The monoisotopic (exact) mass is 417 g/mol. The number of nitrogens with zero attached hydrogens (tertiary/aromatic N) is 2. The van der Waals surface area contributed by atoms with Crippen LogP contribution in [0.3, 0.4) is 0 Å². The van der Waals surface area contributed by atoms with Gasteiger partial charge in [-0.15, -0.1) is 0 Å². The standard InChI is InChI=1S/C20H23N3O5S/c1-13(24)23-18(15-7-10-19(27-2)20(11-15)28-3)12-17(21-23)14-5-8-16(9-6-14)22-29(4,25)26/h5-11,18,22H,12H2,1-4H3/t18-/m0/s1. The van der Waals surface area contributed by atoms with E-state index in [1.54, 1.807) is 44.6 Å². The van der Waals surface area contributed by atoms with E-state index < -0.39 is 10.0 Å². The van der Waals surface area contributed by atoms with Crippen LogP contribution in [0.2, 0.25) is 0 Å². The lowest BCUT2D eigenvalue weighted by Gasteiger charge is -2.21. The van der Waals surface area contributed by atoms with Crippen molar-refractivity contribution in [2.75, 3.05) is 25.2 Å². The summed E-state index contributed by atoms with van der Waals surface area (Å²) >= 11 is 0. The Balaban J connectivity index is 1.88. The first kappa shape index (κ1) is 20.7. The zero-order valence-electron chi connectivity index (χ0n) is 16.7. The molecule has 0 bridgehead atoms. The molecule has 1 N–H and O–H groups in total. The van der Waals surface area contributed by atoms with Gasteiger partial charge >= 0.3 is 0 Å². The maximum absolute atomic E-state index is 12.2. The molecule has 29 heavy (non-hydrogen) atoms. The minimum absolute atomic E-state index is 0.171. The van der Waals surface area contributed by atoms with Crippen molar-refractivity contribution in [3.8, 4) is 11.5 Å². The van der Waals surface area contributed by atoms with E-state index >= 15 is 0 Å². The molecule has 2 aromatic carbocycles. The molecule has 1 atom stereocenters. The third kappa shape index (κ3) is 4.68. The molecule has 0 fully saturated rings. The fraction of sp³-hybridized carbons (Fsp3) is 0.300. The number of methoxy groups -OCH3 is 2. The SMILES string of the molecule is COc1ccc([C@@H]2CC(c3ccc(NS(C)(=O)=O)cc3)=NN2C(C)=O)cc1OC. The van der Waals surface area contributed by atoms with Gasteiger partial charge in [0.25, 0.3) is 0 Å². The lowest BCUT2D eigenvalue weighted by molar-refractivity contribution is -0.130. The van der Waals surface area contributed by atoms with Gasteiger partial charge in [0.1, 0.15) is 0 Å². The van der Waals surface area contributed by atoms with Gasteiger partial charge in [0.05, 0.1) is 32.2 Å². The van der Waals surface area contributed by atoms with Crippen LogP contribution in [0.25, 0.3) is 0 Å². The Morgan fingerprint density at radius 3 is 2.31 bits per heavy atom. The molecule has 9 heteroatoms. The number of nitrogens with one attached hydrogen (secondary N) is 1. The van der Waals surface area contributed by atoms with E-state index in [-0.39, 0.29) is 11.9 Å². The van der Waals surface area contributed by atoms with Crippen molar-refractivity contribution in [1.29, 1.82) is 0 Å². The van der Waals surface area contributed by atoms with E-state index in [9.17, 15) is 13.2 Å². The zero-order valence-corrected chi connectivity index (χ0v) is 17.5. The number of sulfonamides is 1. The molecule has 0 radical (unpaired) electrons. The minimum Gasteiger partial charge on any atom is -0.493 e. The number of benzene rings is 2. The number of carbonyl (C=O) groups is 1. The predicted molar refractivity (Wildman–Crippen MR) is 111 cm³/mol. The maximum atomic E-state index is 12.2. The highest BCUT2D eigenvalue weighted by Crippen LogP contribution is 2.37. The van der Waals surface area contributed by atoms with E-state index in [1.807, 2.05) is 12.1 Å². The second-order valence-corrected chi connectivity index (χ2v) is 8.44. The molecule has 1 amide bonds. The second-order valence-electron chi connectivity index (χ2n) is 6.70. The third-order valence-electron chi connectivity index (χ3n) is 4.55. The number of amides is 1. The van der Waals surface area contributed by atoms with Gasteiger partial charge in [-0.3, -0.25) is 9.52 Å². The van der Waals surface area contributed by atoms with Crippen LogP contribution in [0, 0.1) is 0 Å². The van der Waals surface area contributed by atoms with E-state index in [1.165, 1.54) is 11.9 Å². The average Bonchev–Trinajstić information content (AvgIpc) is 3.12. The van der Waals surface area contributed by atoms with E-state index in [0.717, 1.165) is 23.1 Å². The normalized spacial score (nSPS) is 16.3. The summed E-state index contributed by atoms with van der Waals surface area (Å²) in [6.07, 6.45) is 1.62. The molecule has 3 rings (SSSR count). The molecule has 0 spiro atoms. The van der Waals surface area contributed by atoms with Crippen LogP contribution >= 0.6 is 0 Å². The molecule has 2 aromatic rings. The fourth-order valence-electron chi connectivity index (χ4n) is 3.24. The van der Waals surface area contributed by atoms with Gasteiger partial charge in [-0.05, 0) is 35.4 Å². The molecule has 8 nitrogen and oxygen atoms in total.